The third-order valence-corrected chi connectivity index (χ3v) is 1.49. The van der Waals surface area contributed by atoms with Crippen molar-refractivity contribution in [2.24, 2.45) is 0 Å². The number of nitrogens with zero attached hydrogens (tertiary/aromatic N) is 1. The molecule has 0 bridgehead atoms. The normalized spacial score (nSPS) is 9.38. The number of rotatable bonds is 2. The van der Waals surface area contributed by atoms with E-state index in [0.717, 1.165) is 6.92 Å². The molecule has 0 aromatic heterocycles. The third kappa shape index (κ3) is 2.13. The summed E-state index contributed by atoms with van der Waals surface area (Å²) in [7, 11) is 0. The molecule has 1 aromatic rings. The fourth-order valence-electron chi connectivity index (χ4n) is 0.836. The first-order valence-electron chi connectivity index (χ1n) is 3.72. The van der Waals surface area contributed by atoms with Gasteiger partial charge in [0, 0.05) is 6.92 Å². The molecule has 0 atom stereocenters. The molecule has 0 saturated carbocycles. The Balaban J connectivity index is 2.86. The average molecular weight is 179 g/mol. The quantitative estimate of drug-likeness (QED) is 0.418. The number of hydrogen-bond donors (Lipinski definition) is 1. The number of carbonyl (C=O) groups is 2. The van der Waals surface area contributed by atoms with Crippen molar-refractivity contribution in [3.8, 4) is 0 Å². The van der Waals surface area contributed by atoms with Gasteiger partial charge < -0.3 is 0 Å². The Bertz CT molecular complexity index is 321. The van der Waals surface area contributed by atoms with E-state index in [1.54, 1.807) is 18.2 Å². The molecule has 68 valence electrons. The second kappa shape index (κ2) is 3.82. The minimum Gasteiger partial charge on any atom is -0.289 e. The van der Waals surface area contributed by atoms with Crippen molar-refractivity contribution in [2.45, 2.75) is 6.92 Å². The van der Waals surface area contributed by atoms with Crippen LogP contribution < -0.4 is 5.06 Å². The summed E-state index contributed by atoms with van der Waals surface area (Å²) < 4.78 is 0. The molecule has 1 amide bonds. The van der Waals surface area contributed by atoms with Crippen molar-refractivity contribution < 1.29 is 14.8 Å². The summed E-state index contributed by atoms with van der Waals surface area (Å²) in [5, 5.41) is 9.56. The highest BCUT2D eigenvalue weighted by Crippen LogP contribution is 2.10. The van der Waals surface area contributed by atoms with E-state index in [-0.39, 0.29) is 5.69 Å². The van der Waals surface area contributed by atoms with Crippen LogP contribution in [-0.2, 0) is 9.59 Å². The Morgan fingerprint density at radius 1 is 1.23 bits per heavy atom. The Kier molecular flexibility index (Phi) is 2.76. The van der Waals surface area contributed by atoms with Gasteiger partial charge in [0.15, 0.2) is 0 Å². The molecule has 0 saturated heterocycles. The summed E-state index contributed by atoms with van der Waals surface area (Å²) in [5.41, 5.74) is 0.280. The van der Waals surface area contributed by atoms with Gasteiger partial charge >= 0.3 is 5.91 Å². The van der Waals surface area contributed by atoms with E-state index in [4.69, 9.17) is 0 Å². The van der Waals surface area contributed by atoms with E-state index in [2.05, 4.69) is 0 Å². The van der Waals surface area contributed by atoms with Gasteiger partial charge in [-0.25, -0.2) is 0 Å². The minimum atomic E-state index is -0.939. The molecule has 0 fully saturated rings. The van der Waals surface area contributed by atoms with Crippen molar-refractivity contribution in [1.29, 1.82) is 0 Å². The van der Waals surface area contributed by atoms with Gasteiger partial charge in [-0.15, -0.1) is 0 Å². The van der Waals surface area contributed by atoms with Gasteiger partial charge in [0.2, 0.25) is 5.78 Å². The maximum Gasteiger partial charge on any atom is 0.317 e. The molecule has 0 unspecified atom stereocenters. The molecule has 13 heavy (non-hydrogen) atoms. The van der Waals surface area contributed by atoms with Crippen LogP contribution in [0.4, 0.5) is 5.69 Å². The Labute approximate surface area is 75.4 Å². The molecule has 1 N–H and O–H groups in total. The van der Waals surface area contributed by atoms with E-state index in [1.165, 1.54) is 12.1 Å². The molecule has 0 aliphatic heterocycles. The first-order valence-corrected chi connectivity index (χ1v) is 3.72. The molecular weight excluding hydrogens is 170 g/mol. The van der Waals surface area contributed by atoms with Gasteiger partial charge in [0.05, 0.1) is 5.69 Å². The van der Waals surface area contributed by atoms with Crippen molar-refractivity contribution in [2.75, 3.05) is 5.06 Å². The van der Waals surface area contributed by atoms with Gasteiger partial charge in [0.1, 0.15) is 0 Å². The van der Waals surface area contributed by atoms with Crippen LogP contribution in [0.1, 0.15) is 6.92 Å². The zero-order valence-electron chi connectivity index (χ0n) is 7.10. The highest BCUT2D eigenvalue weighted by Gasteiger charge is 2.16. The lowest BCUT2D eigenvalue weighted by Crippen LogP contribution is -2.32. The van der Waals surface area contributed by atoms with Gasteiger partial charge in [0.25, 0.3) is 0 Å². The number of anilines is 1. The molecule has 0 radical (unpaired) electrons. The molecule has 1 aromatic carbocycles. The Hall–Kier alpha value is -1.68. The van der Waals surface area contributed by atoms with Crippen molar-refractivity contribution in [3.05, 3.63) is 30.3 Å². The second-order valence-corrected chi connectivity index (χ2v) is 2.51. The van der Waals surface area contributed by atoms with Crippen LogP contribution in [0, 0.1) is 0 Å². The first kappa shape index (κ1) is 9.41. The van der Waals surface area contributed by atoms with Crippen molar-refractivity contribution in [3.63, 3.8) is 0 Å². The maximum absolute atomic E-state index is 11.0. The Morgan fingerprint density at radius 3 is 2.23 bits per heavy atom. The topological polar surface area (TPSA) is 57.6 Å². The largest absolute Gasteiger partial charge is 0.317 e. The first-order chi connectivity index (χ1) is 6.13. The van der Waals surface area contributed by atoms with Crippen LogP contribution in [-0.4, -0.2) is 16.9 Å². The standard InChI is InChI=1S/C9H9NO3/c1-7(11)9(12)10(13)8-5-3-2-4-6-8/h2-6,13H,1H3. The predicted molar refractivity (Wildman–Crippen MR) is 46.4 cm³/mol. The molecule has 0 heterocycles. The van der Waals surface area contributed by atoms with E-state index >= 15 is 0 Å². The zero-order chi connectivity index (χ0) is 9.84. The third-order valence-electron chi connectivity index (χ3n) is 1.49. The highest BCUT2D eigenvalue weighted by atomic mass is 16.5. The average Bonchev–Trinajstić information content (AvgIpc) is 2.17. The van der Waals surface area contributed by atoms with Gasteiger partial charge in [-0.3, -0.25) is 14.8 Å². The minimum absolute atomic E-state index is 0.280. The van der Waals surface area contributed by atoms with Crippen molar-refractivity contribution >= 4 is 17.4 Å². The van der Waals surface area contributed by atoms with Gasteiger partial charge in [-0.05, 0) is 12.1 Å². The van der Waals surface area contributed by atoms with E-state index in [0.29, 0.717) is 5.06 Å². The maximum atomic E-state index is 11.0. The number of amides is 1. The summed E-state index contributed by atoms with van der Waals surface area (Å²) in [4.78, 5) is 21.6. The molecule has 0 aliphatic rings. The second-order valence-electron chi connectivity index (χ2n) is 2.51. The van der Waals surface area contributed by atoms with Gasteiger partial charge in [-0.1, -0.05) is 18.2 Å². The Morgan fingerprint density at radius 2 is 1.77 bits per heavy atom. The number of benzene rings is 1. The lowest BCUT2D eigenvalue weighted by molar-refractivity contribution is -0.138. The predicted octanol–water partition coefficient (Wildman–Crippen LogP) is 0.998. The van der Waals surface area contributed by atoms with Crippen LogP contribution >= 0.6 is 0 Å². The van der Waals surface area contributed by atoms with E-state index in [9.17, 15) is 14.8 Å². The van der Waals surface area contributed by atoms with Gasteiger partial charge in [-0.2, -0.15) is 5.06 Å². The number of ketones is 1. The summed E-state index contributed by atoms with van der Waals surface area (Å²) in [5.74, 6) is -1.64. The number of carbonyl (C=O) groups excluding carboxylic acids is 2. The number of hydroxylamine groups is 1. The lowest BCUT2D eigenvalue weighted by Gasteiger charge is -2.12. The van der Waals surface area contributed by atoms with Crippen LogP contribution in [0.15, 0.2) is 30.3 Å². The molecule has 4 heteroatoms. The monoisotopic (exact) mass is 179 g/mol. The number of hydrogen-bond acceptors (Lipinski definition) is 3. The summed E-state index contributed by atoms with van der Waals surface area (Å²) in [6.45, 7) is 1.11. The number of Topliss-reactive ketones (excluding diaryl/α,β-unsaturated/α-hetero) is 1. The SMILES string of the molecule is CC(=O)C(=O)N(O)c1ccccc1. The fourth-order valence-corrected chi connectivity index (χ4v) is 0.836. The smallest absolute Gasteiger partial charge is 0.289 e. The highest BCUT2D eigenvalue weighted by molar-refractivity contribution is 6.39. The molecule has 4 nitrogen and oxygen atoms in total. The van der Waals surface area contributed by atoms with Crippen LogP contribution in [0.25, 0.3) is 0 Å². The molecule has 1 rings (SSSR count). The zero-order valence-corrected chi connectivity index (χ0v) is 7.10. The summed E-state index contributed by atoms with van der Waals surface area (Å²) in [6, 6.07) is 8.12. The van der Waals surface area contributed by atoms with Crippen LogP contribution in [0.2, 0.25) is 0 Å². The van der Waals surface area contributed by atoms with Crippen molar-refractivity contribution in [1.82, 2.24) is 0 Å². The summed E-state index contributed by atoms with van der Waals surface area (Å²) in [6.07, 6.45) is 0. The fraction of sp³-hybridized carbons (Fsp3) is 0.111. The summed E-state index contributed by atoms with van der Waals surface area (Å²) >= 11 is 0. The molecule has 0 aliphatic carbocycles. The van der Waals surface area contributed by atoms with E-state index < -0.39 is 11.7 Å². The lowest BCUT2D eigenvalue weighted by atomic mass is 10.3. The number of para-hydroxylation sites is 1. The molecular formula is C9H9NO3. The van der Waals surface area contributed by atoms with E-state index in [1.807, 2.05) is 0 Å². The van der Waals surface area contributed by atoms with Crippen LogP contribution in [0.5, 0.6) is 0 Å². The van der Waals surface area contributed by atoms with Crippen LogP contribution in [0.3, 0.4) is 0 Å². The molecule has 0 spiro atoms.